The van der Waals surface area contributed by atoms with Crippen molar-refractivity contribution in [2.24, 2.45) is 0 Å². The van der Waals surface area contributed by atoms with Gasteiger partial charge in [-0.1, -0.05) is 30.3 Å². The molecule has 1 amide bonds. The lowest BCUT2D eigenvalue weighted by Crippen LogP contribution is -2.16. The highest BCUT2D eigenvalue weighted by atomic mass is 32.2. The Kier molecular flexibility index (Phi) is 5.23. The van der Waals surface area contributed by atoms with Crippen molar-refractivity contribution in [3.05, 3.63) is 89.7 Å². The molecule has 5 nitrogen and oxygen atoms in total. The van der Waals surface area contributed by atoms with Gasteiger partial charge in [-0.3, -0.25) is 9.52 Å². The van der Waals surface area contributed by atoms with Crippen molar-refractivity contribution in [3.8, 4) is 0 Å². The van der Waals surface area contributed by atoms with Crippen LogP contribution in [0, 0.1) is 12.7 Å². The number of anilines is 2. The van der Waals surface area contributed by atoms with E-state index >= 15 is 0 Å². The Labute approximate surface area is 156 Å². The number of rotatable bonds is 5. The van der Waals surface area contributed by atoms with Crippen LogP contribution in [0.1, 0.15) is 15.9 Å². The van der Waals surface area contributed by atoms with Crippen LogP contribution in [-0.2, 0) is 10.0 Å². The molecule has 0 saturated carbocycles. The number of para-hydroxylation sites is 1. The average Bonchev–Trinajstić information content (AvgIpc) is 2.63. The molecule has 7 heteroatoms. The molecule has 0 saturated heterocycles. The van der Waals surface area contributed by atoms with Gasteiger partial charge in [-0.15, -0.1) is 0 Å². The minimum atomic E-state index is -3.87. The van der Waals surface area contributed by atoms with Gasteiger partial charge < -0.3 is 5.32 Å². The number of hydrogen-bond acceptors (Lipinski definition) is 3. The molecule has 0 spiro atoms. The van der Waals surface area contributed by atoms with Crippen molar-refractivity contribution < 1.29 is 17.6 Å². The normalized spacial score (nSPS) is 11.0. The van der Waals surface area contributed by atoms with Crippen LogP contribution in [0.2, 0.25) is 0 Å². The molecule has 138 valence electrons. The second-order valence-electron chi connectivity index (χ2n) is 5.94. The summed E-state index contributed by atoms with van der Waals surface area (Å²) in [6.45, 7) is 1.85. The fraction of sp³-hybridized carbons (Fsp3) is 0.0500. The van der Waals surface area contributed by atoms with Crippen molar-refractivity contribution in [2.75, 3.05) is 10.0 Å². The summed E-state index contributed by atoms with van der Waals surface area (Å²) < 4.78 is 41.4. The third-order valence-corrected chi connectivity index (χ3v) is 5.18. The molecule has 3 rings (SSSR count). The standard InChI is InChI=1S/C20H17FN2O3S/c1-14-6-4-8-16(12-14)23-27(25,26)17-9-5-7-15(13-17)20(24)22-19-11-3-2-10-18(19)21/h2-13,23H,1H3,(H,22,24). The number of nitrogens with one attached hydrogen (secondary N) is 2. The quantitative estimate of drug-likeness (QED) is 0.693. The molecule has 0 aromatic heterocycles. The lowest BCUT2D eigenvalue weighted by Gasteiger charge is -2.10. The summed E-state index contributed by atoms with van der Waals surface area (Å²) in [5.41, 5.74) is 1.46. The number of carbonyl (C=O) groups is 1. The van der Waals surface area contributed by atoms with E-state index in [0.717, 1.165) is 5.56 Å². The van der Waals surface area contributed by atoms with Crippen molar-refractivity contribution >= 4 is 27.3 Å². The van der Waals surface area contributed by atoms with E-state index in [1.165, 1.54) is 42.5 Å². The fourth-order valence-electron chi connectivity index (χ4n) is 2.48. The molecule has 0 aliphatic carbocycles. The van der Waals surface area contributed by atoms with Crippen molar-refractivity contribution in [1.29, 1.82) is 0 Å². The van der Waals surface area contributed by atoms with E-state index in [-0.39, 0.29) is 16.1 Å². The van der Waals surface area contributed by atoms with Gasteiger partial charge >= 0.3 is 0 Å². The predicted molar refractivity (Wildman–Crippen MR) is 103 cm³/mol. The Bertz CT molecular complexity index is 1100. The number of benzene rings is 3. The van der Waals surface area contributed by atoms with E-state index in [9.17, 15) is 17.6 Å². The third kappa shape index (κ3) is 4.51. The first kappa shape index (κ1) is 18.6. The largest absolute Gasteiger partial charge is 0.319 e. The Morgan fingerprint density at radius 2 is 1.67 bits per heavy atom. The van der Waals surface area contributed by atoms with Crippen molar-refractivity contribution in [2.45, 2.75) is 11.8 Å². The molecule has 0 unspecified atom stereocenters. The Morgan fingerprint density at radius 3 is 2.41 bits per heavy atom. The van der Waals surface area contributed by atoms with Crippen molar-refractivity contribution in [3.63, 3.8) is 0 Å². The molecule has 0 heterocycles. The topological polar surface area (TPSA) is 75.3 Å². The van der Waals surface area contributed by atoms with Crippen LogP contribution >= 0.6 is 0 Å². The second-order valence-corrected chi connectivity index (χ2v) is 7.62. The fourth-order valence-corrected chi connectivity index (χ4v) is 3.58. The van der Waals surface area contributed by atoms with Gasteiger partial charge in [0.05, 0.1) is 10.6 Å². The van der Waals surface area contributed by atoms with Gasteiger partial charge in [0.15, 0.2) is 0 Å². The lowest BCUT2D eigenvalue weighted by molar-refractivity contribution is 0.102. The Morgan fingerprint density at radius 1 is 0.926 bits per heavy atom. The maximum Gasteiger partial charge on any atom is 0.261 e. The zero-order chi connectivity index (χ0) is 19.4. The highest BCUT2D eigenvalue weighted by Gasteiger charge is 2.17. The molecule has 0 bridgehead atoms. The van der Waals surface area contributed by atoms with Crippen LogP contribution in [0.25, 0.3) is 0 Å². The highest BCUT2D eigenvalue weighted by molar-refractivity contribution is 7.92. The van der Waals surface area contributed by atoms with Crippen molar-refractivity contribution in [1.82, 2.24) is 0 Å². The molecular weight excluding hydrogens is 367 g/mol. The van der Waals surface area contributed by atoms with Gasteiger partial charge in [-0.2, -0.15) is 0 Å². The van der Waals surface area contributed by atoms with E-state index in [0.29, 0.717) is 5.69 Å². The van der Waals surface area contributed by atoms with E-state index in [2.05, 4.69) is 10.0 Å². The highest BCUT2D eigenvalue weighted by Crippen LogP contribution is 2.19. The maximum absolute atomic E-state index is 13.7. The van der Waals surface area contributed by atoms with Crippen LogP contribution in [0.3, 0.4) is 0 Å². The summed E-state index contributed by atoms with van der Waals surface area (Å²) in [4.78, 5) is 12.3. The first-order chi connectivity index (χ1) is 12.8. The van der Waals surface area contributed by atoms with Gasteiger partial charge in [0.2, 0.25) is 0 Å². The Balaban J connectivity index is 1.84. The van der Waals surface area contributed by atoms with Gasteiger partial charge in [0.25, 0.3) is 15.9 Å². The lowest BCUT2D eigenvalue weighted by atomic mass is 10.2. The average molecular weight is 384 g/mol. The molecule has 0 fully saturated rings. The number of sulfonamides is 1. The smallest absolute Gasteiger partial charge is 0.261 e. The number of amides is 1. The summed E-state index contributed by atoms with van der Waals surface area (Å²) in [6, 6.07) is 18.2. The molecule has 0 atom stereocenters. The van der Waals surface area contributed by atoms with E-state index in [1.54, 1.807) is 24.3 Å². The number of halogens is 1. The van der Waals surface area contributed by atoms with Crippen LogP contribution in [0.15, 0.2) is 77.7 Å². The molecule has 0 aliphatic rings. The number of hydrogen-bond donors (Lipinski definition) is 2. The minimum Gasteiger partial charge on any atom is -0.319 e. The molecular formula is C20H17FN2O3S. The van der Waals surface area contributed by atoms with Crippen LogP contribution in [0.5, 0.6) is 0 Å². The first-order valence-electron chi connectivity index (χ1n) is 8.10. The molecule has 0 aliphatic heterocycles. The summed E-state index contributed by atoms with van der Waals surface area (Å²) in [5, 5.41) is 2.43. The van der Waals surface area contributed by atoms with E-state index in [1.807, 2.05) is 13.0 Å². The molecule has 3 aromatic carbocycles. The Hall–Kier alpha value is -3.19. The zero-order valence-electron chi connectivity index (χ0n) is 14.4. The van der Waals surface area contributed by atoms with Gasteiger partial charge in [0.1, 0.15) is 5.82 Å². The molecule has 3 aromatic rings. The van der Waals surface area contributed by atoms with Crippen LogP contribution < -0.4 is 10.0 Å². The van der Waals surface area contributed by atoms with Gasteiger partial charge in [0, 0.05) is 11.3 Å². The summed E-state index contributed by atoms with van der Waals surface area (Å²) in [7, 11) is -3.87. The van der Waals surface area contributed by atoms with E-state index in [4.69, 9.17) is 0 Å². The molecule has 27 heavy (non-hydrogen) atoms. The maximum atomic E-state index is 13.7. The third-order valence-electron chi connectivity index (χ3n) is 3.80. The summed E-state index contributed by atoms with van der Waals surface area (Å²) in [5.74, 6) is -1.18. The number of aryl methyl sites for hydroxylation is 1. The molecule has 2 N–H and O–H groups in total. The monoisotopic (exact) mass is 384 g/mol. The second kappa shape index (κ2) is 7.59. The van der Waals surface area contributed by atoms with Gasteiger partial charge in [-0.05, 0) is 55.0 Å². The predicted octanol–water partition coefficient (Wildman–Crippen LogP) is 4.19. The summed E-state index contributed by atoms with van der Waals surface area (Å²) >= 11 is 0. The van der Waals surface area contributed by atoms with Crippen LogP contribution in [0.4, 0.5) is 15.8 Å². The minimum absolute atomic E-state index is 0.0219. The zero-order valence-corrected chi connectivity index (χ0v) is 15.3. The summed E-state index contributed by atoms with van der Waals surface area (Å²) in [6.07, 6.45) is 0. The first-order valence-corrected chi connectivity index (χ1v) is 9.59. The number of carbonyl (C=O) groups excluding carboxylic acids is 1. The molecule has 0 radical (unpaired) electrons. The van der Waals surface area contributed by atoms with E-state index < -0.39 is 21.7 Å². The SMILES string of the molecule is Cc1cccc(NS(=O)(=O)c2cccc(C(=O)Nc3ccccc3F)c2)c1. The van der Waals surface area contributed by atoms with Gasteiger partial charge in [-0.25, -0.2) is 12.8 Å². The van der Waals surface area contributed by atoms with Crippen LogP contribution in [-0.4, -0.2) is 14.3 Å².